The number of amides is 1. The van der Waals surface area contributed by atoms with Crippen LogP contribution in [0.5, 0.6) is 0 Å². The van der Waals surface area contributed by atoms with Gasteiger partial charge in [0, 0.05) is 5.69 Å². The predicted octanol–water partition coefficient (Wildman–Crippen LogP) is 3.74. The van der Waals surface area contributed by atoms with Crippen molar-refractivity contribution >= 4 is 28.5 Å². The van der Waals surface area contributed by atoms with Crippen LogP contribution in [0, 0.1) is 10.1 Å². The van der Waals surface area contributed by atoms with Gasteiger partial charge in [-0.05, 0) is 48.4 Å². The van der Waals surface area contributed by atoms with E-state index in [1.165, 1.54) is 16.4 Å². The van der Waals surface area contributed by atoms with Crippen molar-refractivity contribution in [1.82, 2.24) is 15.0 Å². The number of hydrogen-bond acceptors (Lipinski definition) is 6. The van der Waals surface area contributed by atoms with Crippen LogP contribution in [0.3, 0.4) is 0 Å². The summed E-state index contributed by atoms with van der Waals surface area (Å²) in [6.07, 6.45) is 0.955. The molecule has 2 aromatic heterocycles. The van der Waals surface area contributed by atoms with E-state index in [4.69, 9.17) is 4.42 Å². The van der Waals surface area contributed by atoms with Crippen molar-refractivity contribution in [2.24, 2.45) is 0 Å². The highest BCUT2D eigenvalue weighted by atomic mass is 16.6. The average molecular weight is 377 g/mol. The molecule has 0 atom stereocenters. The second-order valence-corrected chi connectivity index (χ2v) is 6.06. The number of rotatable bonds is 5. The Balaban J connectivity index is 1.57. The molecule has 9 heteroatoms. The number of fused-ring (bicyclic) bond motifs is 1. The molecule has 140 valence electrons. The van der Waals surface area contributed by atoms with E-state index in [0.29, 0.717) is 16.7 Å². The zero-order valence-corrected chi connectivity index (χ0v) is 14.8. The van der Waals surface area contributed by atoms with Crippen molar-refractivity contribution in [1.29, 1.82) is 0 Å². The summed E-state index contributed by atoms with van der Waals surface area (Å²) in [5, 5.41) is 22.2. The number of aromatic nitrogens is 3. The number of carbonyl (C=O) groups is 1. The zero-order valence-electron chi connectivity index (χ0n) is 14.8. The maximum absolute atomic E-state index is 12.2. The monoisotopic (exact) mass is 377 g/mol. The molecule has 2 aromatic carbocycles. The van der Waals surface area contributed by atoms with Gasteiger partial charge in [0.1, 0.15) is 16.0 Å². The number of nitrogens with zero attached hydrogens (tertiary/aromatic N) is 4. The van der Waals surface area contributed by atoms with E-state index in [-0.39, 0.29) is 5.76 Å². The summed E-state index contributed by atoms with van der Waals surface area (Å²) in [4.78, 5) is 23.7. The minimum atomic E-state index is -0.700. The van der Waals surface area contributed by atoms with Crippen molar-refractivity contribution in [3.63, 3.8) is 0 Å². The highest BCUT2D eigenvalue weighted by Crippen LogP contribution is 2.20. The Morgan fingerprint density at radius 1 is 1.11 bits per heavy atom. The van der Waals surface area contributed by atoms with Gasteiger partial charge in [-0.25, -0.2) is 0 Å². The highest BCUT2D eigenvalue weighted by Gasteiger charge is 2.17. The Morgan fingerprint density at radius 3 is 2.54 bits per heavy atom. The van der Waals surface area contributed by atoms with Gasteiger partial charge in [-0.2, -0.15) is 4.80 Å². The Hall–Kier alpha value is -4.01. The molecule has 0 aliphatic rings. The lowest BCUT2D eigenvalue weighted by Crippen LogP contribution is -2.10. The van der Waals surface area contributed by atoms with Gasteiger partial charge in [-0.3, -0.25) is 14.9 Å². The first-order valence-electron chi connectivity index (χ1n) is 8.55. The van der Waals surface area contributed by atoms with Crippen LogP contribution in [0.15, 0.2) is 59.0 Å². The van der Waals surface area contributed by atoms with Crippen LogP contribution in [-0.2, 0) is 6.42 Å². The van der Waals surface area contributed by atoms with E-state index < -0.39 is 16.7 Å². The first-order chi connectivity index (χ1) is 13.5. The fraction of sp³-hybridized carbons (Fsp3) is 0.105. The molecule has 1 N–H and O–H groups in total. The largest absolute Gasteiger partial charge is 0.433 e. The SMILES string of the molecule is CCc1ccc(-n2nc3ccc(NC(=O)c4ccc([N+](=O)[O-])o4)cc3n2)cc1. The number of anilines is 1. The highest BCUT2D eigenvalue weighted by molar-refractivity contribution is 6.03. The Kier molecular flexibility index (Phi) is 4.32. The Morgan fingerprint density at radius 2 is 1.86 bits per heavy atom. The minimum Gasteiger partial charge on any atom is -0.395 e. The van der Waals surface area contributed by atoms with Crippen molar-refractivity contribution in [3.8, 4) is 5.69 Å². The summed E-state index contributed by atoms with van der Waals surface area (Å²) in [7, 11) is 0. The number of furan rings is 1. The molecular formula is C19H15N5O4. The van der Waals surface area contributed by atoms with E-state index in [9.17, 15) is 14.9 Å². The maximum atomic E-state index is 12.2. The number of benzene rings is 2. The second kappa shape index (κ2) is 6.95. The third-order valence-corrected chi connectivity index (χ3v) is 4.21. The molecule has 0 radical (unpaired) electrons. The van der Waals surface area contributed by atoms with Crippen LogP contribution < -0.4 is 5.32 Å². The molecule has 0 saturated carbocycles. The first kappa shape index (κ1) is 17.4. The van der Waals surface area contributed by atoms with Gasteiger partial charge in [-0.1, -0.05) is 19.1 Å². The molecule has 0 bridgehead atoms. The fourth-order valence-electron chi connectivity index (χ4n) is 2.71. The summed E-state index contributed by atoms with van der Waals surface area (Å²) in [5.74, 6) is -1.22. The predicted molar refractivity (Wildman–Crippen MR) is 102 cm³/mol. The normalized spacial score (nSPS) is 10.9. The molecule has 4 rings (SSSR count). The number of nitro groups is 1. The molecule has 0 aliphatic heterocycles. The topological polar surface area (TPSA) is 116 Å². The van der Waals surface area contributed by atoms with Gasteiger partial charge in [-0.15, -0.1) is 10.2 Å². The third-order valence-electron chi connectivity index (χ3n) is 4.21. The van der Waals surface area contributed by atoms with Gasteiger partial charge in [0.25, 0.3) is 5.91 Å². The van der Waals surface area contributed by atoms with Crippen molar-refractivity contribution < 1.29 is 14.1 Å². The average Bonchev–Trinajstić information content (AvgIpc) is 3.35. The first-order valence-corrected chi connectivity index (χ1v) is 8.55. The lowest BCUT2D eigenvalue weighted by atomic mass is 10.2. The maximum Gasteiger partial charge on any atom is 0.433 e. The van der Waals surface area contributed by atoms with Crippen LogP contribution >= 0.6 is 0 Å². The fourth-order valence-corrected chi connectivity index (χ4v) is 2.71. The van der Waals surface area contributed by atoms with E-state index in [0.717, 1.165) is 18.2 Å². The lowest BCUT2D eigenvalue weighted by Gasteiger charge is -2.01. The second-order valence-electron chi connectivity index (χ2n) is 6.06. The lowest BCUT2D eigenvalue weighted by molar-refractivity contribution is -0.402. The molecule has 2 heterocycles. The van der Waals surface area contributed by atoms with Crippen LogP contribution in [0.1, 0.15) is 23.0 Å². The summed E-state index contributed by atoms with van der Waals surface area (Å²) in [5.41, 5.74) is 3.81. The van der Waals surface area contributed by atoms with Crippen LogP contribution in [0.4, 0.5) is 11.6 Å². The van der Waals surface area contributed by atoms with Gasteiger partial charge >= 0.3 is 5.88 Å². The summed E-state index contributed by atoms with van der Waals surface area (Å²) < 4.78 is 4.90. The molecule has 0 spiro atoms. The molecule has 0 unspecified atom stereocenters. The summed E-state index contributed by atoms with van der Waals surface area (Å²) in [6.45, 7) is 2.09. The standard InChI is InChI=1S/C19H15N5O4/c1-2-12-3-6-14(7-4-12)23-21-15-8-5-13(11-16(15)22-23)20-19(25)17-9-10-18(28-17)24(26)27/h3-11H,2H2,1H3,(H,20,25). The van der Waals surface area contributed by atoms with E-state index in [1.807, 2.05) is 24.3 Å². The van der Waals surface area contributed by atoms with Crippen molar-refractivity contribution in [2.45, 2.75) is 13.3 Å². The van der Waals surface area contributed by atoms with Gasteiger partial charge < -0.3 is 9.73 Å². The van der Waals surface area contributed by atoms with Crippen LogP contribution in [-0.4, -0.2) is 25.8 Å². The minimum absolute atomic E-state index is 0.147. The third kappa shape index (κ3) is 3.32. The van der Waals surface area contributed by atoms with Gasteiger partial charge in [0.15, 0.2) is 5.76 Å². The molecule has 0 saturated heterocycles. The van der Waals surface area contributed by atoms with E-state index >= 15 is 0 Å². The van der Waals surface area contributed by atoms with Crippen molar-refractivity contribution in [2.75, 3.05) is 5.32 Å². The number of nitrogens with one attached hydrogen (secondary N) is 1. The van der Waals surface area contributed by atoms with Crippen LogP contribution in [0.2, 0.25) is 0 Å². The summed E-state index contributed by atoms with van der Waals surface area (Å²) >= 11 is 0. The van der Waals surface area contributed by atoms with E-state index in [1.54, 1.807) is 18.2 Å². The molecular weight excluding hydrogens is 362 g/mol. The number of carbonyl (C=O) groups excluding carboxylic acids is 1. The van der Waals surface area contributed by atoms with Crippen molar-refractivity contribution in [3.05, 3.63) is 76.0 Å². The number of hydrogen-bond donors (Lipinski definition) is 1. The van der Waals surface area contributed by atoms with E-state index in [2.05, 4.69) is 22.4 Å². The molecule has 28 heavy (non-hydrogen) atoms. The zero-order chi connectivity index (χ0) is 19.7. The molecule has 1 amide bonds. The van der Waals surface area contributed by atoms with Gasteiger partial charge in [0.05, 0.1) is 11.8 Å². The smallest absolute Gasteiger partial charge is 0.395 e. The Labute approximate surface area is 158 Å². The molecule has 0 fully saturated rings. The summed E-state index contributed by atoms with van der Waals surface area (Å²) in [6, 6.07) is 15.4. The quantitative estimate of drug-likeness (QED) is 0.418. The molecule has 0 aliphatic carbocycles. The molecule has 9 nitrogen and oxygen atoms in total. The van der Waals surface area contributed by atoms with Crippen LogP contribution in [0.25, 0.3) is 16.7 Å². The molecule has 4 aromatic rings. The van der Waals surface area contributed by atoms with Gasteiger partial charge in [0.2, 0.25) is 0 Å². The number of aryl methyl sites for hydroxylation is 1. The Bertz CT molecular complexity index is 1180.